The SMILES string of the molecule is C1=NNCC1c1ccccc1.C=C(C=O)c1ccccc1.CO.NN.O.O.O=CCc1ccccc1. The number of nitrogens with zero attached hydrogens (tertiary/aromatic N) is 1. The second kappa shape index (κ2) is 25.6. The second-order valence-corrected chi connectivity index (χ2v) is 6.52. The van der Waals surface area contributed by atoms with E-state index in [-0.39, 0.29) is 11.0 Å². The fraction of sp³-hybridized carbons (Fsp3) is 0.148. The minimum absolute atomic E-state index is 0. The van der Waals surface area contributed by atoms with Gasteiger partial charge in [-0.05, 0) is 16.7 Å². The van der Waals surface area contributed by atoms with Gasteiger partial charge in [0.15, 0.2) is 0 Å². The molecule has 9 heteroatoms. The van der Waals surface area contributed by atoms with Gasteiger partial charge in [0, 0.05) is 37.8 Å². The quantitative estimate of drug-likeness (QED) is 0.178. The predicted molar refractivity (Wildman–Crippen MR) is 147 cm³/mol. The molecule has 0 aromatic heterocycles. The first kappa shape index (κ1) is 36.6. The first-order chi connectivity index (χ1) is 16.7. The number of aliphatic hydroxyl groups excluding tert-OH is 1. The van der Waals surface area contributed by atoms with Crippen molar-refractivity contribution < 1.29 is 25.6 Å². The van der Waals surface area contributed by atoms with E-state index >= 15 is 0 Å². The van der Waals surface area contributed by atoms with Crippen LogP contribution in [0.1, 0.15) is 22.6 Å². The molecule has 10 N–H and O–H groups in total. The molecule has 0 aliphatic carbocycles. The molecule has 0 bridgehead atoms. The van der Waals surface area contributed by atoms with E-state index in [0.29, 0.717) is 17.9 Å². The lowest BCUT2D eigenvalue weighted by Gasteiger charge is -2.03. The molecule has 1 aliphatic heterocycles. The molecular weight excluding hydrogens is 460 g/mol. The zero-order chi connectivity index (χ0) is 25.4. The summed E-state index contributed by atoms with van der Waals surface area (Å²) in [6.45, 7) is 4.51. The van der Waals surface area contributed by atoms with Crippen molar-refractivity contribution >= 4 is 24.4 Å². The molecule has 0 saturated heterocycles. The van der Waals surface area contributed by atoms with E-state index in [9.17, 15) is 9.59 Å². The van der Waals surface area contributed by atoms with E-state index < -0.39 is 0 Å². The molecule has 1 aliphatic rings. The summed E-state index contributed by atoms with van der Waals surface area (Å²) in [4.78, 5) is 20.2. The van der Waals surface area contributed by atoms with E-state index in [2.05, 4.69) is 53.1 Å². The molecule has 3 aromatic rings. The van der Waals surface area contributed by atoms with Crippen LogP contribution in [0, 0.1) is 0 Å². The van der Waals surface area contributed by atoms with E-state index in [1.807, 2.05) is 72.9 Å². The molecule has 0 amide bonds. The van der Waals surface area contributed by atoms with Crippen LogP contribution in [0.2, 0.25) is 0 Å². The van der Waals surface area contributed by atoms with E-state index in [0.717, 1.165) is 37.4 Å². The topological polar surface area (TPSA) is 194 Å². The van der Waals surface area contributed by atoms with Crippen molar-refractivity contribution in [2.24, 2.45) is 16.8 Å². The van der Waals surface area contributed by atoms with Gasteiger partial charge >= 0.3 is 0 Å². The smallest absolute Gasteiger partial charge is 0.150 e. The van der Waals surface area contributed by atoms with Crippen LogP contribution in [0.5, 0.6) is 0 Å². The summed E-state index contributed by atoms with van der Waals surface area (Å²) < 4.78 is 0. The van der Waals surface area contributed by atoms with Crippen molar-refractivity contribution in [3.63, 3.8) is 0 Å². The summed E-state index contributed by atoms with van der Waals surface area (Å²) in [7, 11) is 1.00. The van der Waals surface area contributed by atoms with Crippen molar-refractivity contribution in [3.05, 3.63) is 114 Å². The lowest BCUT2D eigenvalue weighted by molar-refractivity contribution is -0.107. The van der Waals surface area contributed by atoms with Crippen molar-refractivity contribution in [3.8, 4) is 0 Å². The summed E-state index contributed by atoms with van der Waals surface area (Å²) in [5.74, 6) is 8.47. The fourth-order valence-electron chi connectivity index (χ4n) is 2.68. The van der Waals surface area contributed by atoms with Crippen LogP contribution in [0.25, 0.3) is 5.57 Å². The third-order valence-corrected chi connectivity index (χ3v) is 4.33. The molecule has 1 heterocycles. The van der Waals surface area contributed by atoms with Crippen molar-refractivity contribution in [2.45, 2.75) is 12.3 Å². The Morgan fingerprint density at radius 1 is 0.917 bits per heavy atom. The number of carbonyl (C=O) groups excluding carboxylic acids is 2. The number of allylic oxidation sites excluding steroid dienone is 1. The number of hydrazine groups is 1. The summed E-state index contributed by atoms with van der Waals surface area (Å²) >= 11 is 0. The van der Waals surface area contributed by atoms with Crippen LogP contribution < -0.4 is 17.1 Å². The molecule has 36 heavy (non-hydrogen) atoms. The Morgan fingerprint density at radius 2 is 1.39 bits per heavy atom. The van der Waals surface area contributed by atoms with Crippen molar-refractivity contribution in [1.82, 2.24) is 5.43 Å². The molecule has 4 rings (SSSR count). The summed E-state index contributed by atoms with van der Waals surface area (Å²) in [6.07, 6.45) is 4.15. The van der Waals surface area contributed by atoms with Gasteiger partial charge in [-0.1, -0.05) is 97.6 Å². The highest BCUT2D eigenvalue weighted by Gasteiger charge is 2.11. The summed E-state index contributed by atoms with van der Waals surface area (Å²) in [5.41, 5.74) is 6.77. The number of hydrogen-bond acceptors (Lipinski definition) is 7. The molecule has 196 valence electrons. The average Bonchev–Trinajstić information content (AvgIpc) is 3.48. The Kier molecular flexibility index (Phi) is 26.0. The Morgan fingerprint density at radius 3 is 1.81 bits per heavy atom. The number of hydrogen-bond donors (Lipinski definition) is 4. The molecule has 3 aromatic carbocycles. The molecule has 9 nitrogen and oxygen atoms in total. The van der Waals surface area contributed by atoms with Crippen LogP contribution in [0.4, 0.5) is 0 Å². The van der Waals surface area contributed by atoms with Gasteiger partial charge in [0.2, 0.25) is 0 Å². The largest absolute Gasteiger partial charge is 0.412 e. The van der Waals surface area contributed by atoms with Gasteiger partial charge in [-0.15, -0.1) is 0 Å². The fourth-order valence-corrected chi connectivity index (χ4v) is 2.68. The molecular formula is C27H38N4O5. The van der Waals surface area contributed by atoms with Crippen LogP contribution in [0.3, 0.4) is 0 Å². The third kappa shape index (κ3) is 15.8. The summed E-state index contributed by atoms with van der Waals surface area (Å²) in [5, 5.41) is 11.0. The maximum atomic E-state index is 10.2. The van der Waals surface area contributed by atoms with Gasteiger partial charge in [0.1, 0.15) is 12.6 Å². The lowest BCUT2D eigenvalue weighted by Crippen LogP contribution is -2.07. The normalized spacial score (nSPS) is 11.6. The van der Waals surface area contributed by atoms with E-state index in [4.69, 9.17) is 5.11 Å². The second-order valence-electron chi connectivity index (χ2n) is 6.52. The van der Waals surface area contributed by atoms with Crippen LogP contribution in [-0.2, 0) is 16.0 Å². The van der Waals surface area contributed by atoms with Crippen LogP contribution in [0.15, 0.2) is 103 Å². The number of aldehydes is 2. The highest BCUT2D eigenvalue weighted by molar-refractivity contribution is 6.05. The number of nitrogens with one attached hydrogen (secondary N) is 1. The summed E-state index contributed by atoms with van der Waals surface area (Å²) in [6, 6.07) is 29.5. The minimum Gasteiger partial charge on any atom is -0.412 e. The van der Waals surface area contributed by atoms with Crippen molar-refractivity contribution in [1.29, 1.82) is 0 Å². The molecule has 0 spiro atoms. The zero-order valence-corrected chi connectivity index (χ0v) is 20.5. The van der Waals surface area contributed by atoms with Gasteiger partial charge in [-0.2, -0.15) is 5.10 Å². The van der Waals surface area contributed by atoms with Gasteiger partial charge in [0.05, 0.1) is 0 Å². The number of hydrazone groups is 1. The molecule has 1 unspecified atom stereocenters. The average molecular weight is 499 g/mol. The van der Waals surface area contributed by atoms with Gasteiger partial charge in [-0.25, -0.2) is 0 Å². The molecule has 0 fully saturated rings. The highest BCUT2D eigenvalue weighted by Crippen LogP contribution is 2.14. The molecule has 0 saturated carbocycles. The van der Waals surface area contributed by atoms with Crippen molar-refractivity contribution in [2.75, 3.05) is 13.7 Å². The lowest BCUT2D eigenvalue weighted by atomic mass is 10.0. The highest BCUT2D eigenvalue weighted by atomic mass is 16.2. The Balaban J connectivity index is -0.000000415. The third-order valence-electron chi connectivity index (χ3n) is 4.33. The van der Waals surface area contributed by atoms with Gasteiger partial charge < -0.3 is 26.3 Å². The Hall–Kier alpha value is -3.99. The Labute approximate surface area is 212 Å². The van der Waals surface area contributed by atoms with Gasteiger partial charge in [-0.3, -0.25) is 16.5 Å². The number of aliphatic hydroxyl groups is 1. The minimum atomic E-state index is 0. The number of nitrogens with two attached hydrogens (primary N) is 2. The zero-order valence-electron chi connectivity index (χ0n) is 20.5. The molecule has 0 radical (unpaired) electrons. The molecule has 1 atom stereocenters. The number of carbonyl (C=O) groups is 2. The standard InChI is InChI=1S/C9H10N2.C9H8O.C8H8O.CH4O.H4N2.2H2O/c1-2-4-8(5-3-1)9-6-10-11-7-9;1-8(7-10)9-5-3-2-4-6-9;9-7-6-8-4-2-1-3-5-8;2*1-2;;/h1-6,9,11H,7H2;2-7H,1H2;1-5,7H,6H2;2H,1H3;1-2H2;2*1H2. The van der Waals surface area contributed by atoms with E-state index in [1.54, 1.807) is 0 Å². The van der Waals surface area contributed by atoms with E-state index in [1.165, 1.54) is 5.56 Å². The maximum Gasteiger partial charge on any atom is 0.150 e. The number of benzene rings is 3. The maximum absolute atomic E-state index is 10.2. The monoisotopic (exact) mass is 498 g/mol. The predicted octanol–water partition coefficient (Wildman–Crippen LogP) is 1.46. The van der Waals surface area contributed by atoms with Crippen LogP contribution in [-0.4, -0.2) is 48.5 Å². The first-order valence-corrected chi connectivity index (χ1v) is 10.5. The van der Waals surface area contributed by atoms with Crippen LogP contribution >= 0.6 is 0 Å². The number of rotatable bonds is 5. The van der Waals surface area contributed by atoms with Gasteiger partial charge in [0.25, 0.3) is 0 Å². The first-order valence-electron chi connectivity index (χ1n) is 10.5. The Bertz CT molecular complexity index is 940.